The van der Waals surface area contributed by atoms with E-state index in [1.807, 2.05) is 43.3 Å². The van der Waals surface area contributed by atoms with Crippen molar-refractivity contribution in [2.75, 3.05) is 34.3 Å². The summed E-state index contributed by atoms with van der Waals surface area (Å²) in [5.74, 6) is -0.721. The Kier molecular flexibility index (Phi) is 5.57. The summed E-state index contributed by atoms with van der Waals surface area (Å²) in [6.07, 6.45) is 1.62. The highest BCUT2D eigenvalue weighted by Gasteiger charge is 2.16. The minimum absolute atomic E-state index is 0.233. The number of nitrogens with zero attached hydrogens (tertiary/aromatic N) is 1. The topological polar surface area (TPSA) is 71.8 Å². The summed E-state index contributed by atoms with van der Waals surface area (Å²) in [6.45, 7) is 1.24. The number of likely N-dealkylation sites (N-methyl/N-ethyl adjacent to an activating group) is 1. The molecule has 2 aromatic carbocycles. The van der Waals surface area contributed by atoms with Crippen molar-refractivity contribution in [3.63, 3.8) is 0 Å². The molecule has 0 aliphatic heterocycles. The van der Waals surface area contributed by atoms with Gasteiger partial charge in [0.1, 0.15) is 5.58 Å². The molecule has 0 aliphatic carbocycles. The Morgan fingerprint density at radius 3 is 2.63 bits per heavy atom. The van der Waals surface area contributed by atoms with Gasteiger partial charge in [0, 0.05) is 24.0 Å². The van der Waals surface area contributed by atoms with Crippen LogP contribution >= 0.6 is 0 Å². The van der Waals surface area contributed by atoms with Gasteiger partial charge in [-0.2, -0.15) is 0 Å². The molecule has 0 unspecified atom stereocenters. The highest BCUT2D eigenvalue weighted by Crippen LogP contribution is 2.31. The average molecular weight is 366 g/mol. The average Bonchev–Trinajstić information content (AvgIpc) is 3.15. The third-order valence-electron chi connectivity index (χ3n) is 4.27. The predicted molar refractivity (Wildman–Crippen MR) is 104 cm³/mol. The summed E-state index contributed by atoms with van der Waals surface area (Å²) in [5, 5.41) is 3.79. The lowest BCUT2D eigenvalue weighted by Gasteiger charge is -2.12. The molecule has 140 valence electrons. The van der Waals surface area contributed by atoms with Gasteiger partial charge in [0.25, 0.3) is 5.91 Å². The highest BCUT2D eigenvalue weighted by atomic mass is 16.5. The first-order chi connectivity index (χ1) is 13.0. The first kappa shape index (κ1) is 18.7. The van der Waals surface area contributed by atoms with Crippen LogP contribution in [0.5, 0.6) is 0 Å². The van der Waals surface area contributed by atoms with E-state index in [-0.39, 0.29) is 5.91 Å². The minimum Gasteiger partial charge on any atom is -0.465 e. The number of benzene rings is 2. The van der Waals surface area contributed by atoms with Crippen molar-refractivity contribution >= 4 is 22.8 Å². The van der Waals surface area contributed by atoms with Crippen molar-refractivity contribution in [1.29, 1.82) is 0 Å². The Hall–Kier alpha value is -3.12. The van der Waals surface area contributed by atoms with E-state index in [0.29, 0.717) is 17.7 Å². The van der Waals surface area contributed by atoms with E-state index in [4.69, 9.17) is 9.15 Å². The maximum Gasteiger partial charge on any atom is 0.337 e. The van der Waals surface area contributed by atoms with Crippen LogP contribution in [0.1, 0.15) is 20.7 Å². The molecule has 27 heavy (non-hydrogen) atoms. The first-order valence-electron chi connectivity index (χ1n) is 8.62. The Morgan fingerprint density at radius 1 is 1.11 bits per heavy atom. The Bertz CT molecular complexity index is 975. The molecule has 0 saturated heterocycles. The van der Waals surface area contributed by atoms with E-state index < -0.39 is 5.97 Å². The van der Waals surface area contributed by atoms with E-state index >= 15 is 0 Å². The molecule has 0 fully saturated rings. The smallest absolute Gasteiger partial charge is 0.337 e. The molecule has 0 bridgehead atoms. The summed E-state index contributed by atoms with van der Waals surface area (Å²) in [5.41, 5.74) is 3.12. The second kappa shape index (κ2) is 8.05. The van der Waals surface area contributed by atoms with Crippen molar-refractivity contribution in [2.45, 2.75) is 0 Å². The van der Waals surface area contributed by atoms with Crippen LogP contribution in [0, 0.1) is 0 Å². The minimum atomic E-state index is -0.487. The quantitative estimate of drug-likeness (QED) is 0.679. The Morgan fingerprint density at radius 2 is 1.89 bits per heavy atom. The predicted octanol–water partition coefficient (Wildman–Crippen LogP) is 3.18. The van der Waals surface area contributed by atoms with Gasteiger partial charge in [-0.3, -0.25) is 4.79 Å². The second-order valence-electron chi connectivity index (χ2n) is 6.49. The second-order valence-corrected chi connectivity index (χ2v) is 6.49. The fraction of sp³-hybridized carbons (Fsp3) is 0.238. The maximum atomic E-state index is 12.6. The van der Waals surface area contributed by atoms with Gasteiger partial charge in [-0.15, -0.1) is 0 Å². The van der Waals surface area contributed by atoms with Gasteiger partial charge in [-0.1, -0.05) is 12.1 Å². The highest BCUT2D eigenvalue weighted by molar-refractivity contribution is 6.02. The number of rotatable bonds is 6. The SMILES string of the molecule is COC(=O)c1cc(C(=O)NCCN(C)C)cc(-c2cccc3occc23)c1. The number of amides is 1. The first-order valence-corrected chi connectivity index (χ1v) is 8.62. The van der Waals surface area contributed by atoms with E-state index in [1.54, 1.807) is 24.5 Å². The third kappa shape index (κ3) is 4.17. The number of esters is 1. The lowest BCUT2D eigenvalue weighted by atomic mass is 9.97. The Balaban J connectivity index is 2.02. The molecule has 0 spiro atoms. The lowest BCUT2D eigenvalue weighted by molar-refractivity contribution is 0.0600. The monoisotopic (exact) mass is 366 g/mol. The molecule has 0 saturated carbocycles. The van der Waals surface area contributed by atoms with E-state index in [1.165, 1.54) is 7.11 Å². The number of hydrogen-bond donors (Lipinski definition) is 1. The summed E-state index contributed by atoms with van der Waals surface area (Å²) in [6, 6.07) is 12.6. The lowest BCUT2D eigenvalue weighted by Crippen LogP contribution is -2.31. The van der Waals surface area contributed by atoms with Crippen LogP contribution in [0.25, 0.3) is 22.1 Å². The molecule has 6 nitrogen and oxygen atoms in total. The van der Waals surface area contributed by atoms with E-state index in [9.17, 15) is 9.59 Å². The molecular formula is C21H22N2O4. The molecule has 1 aromatic heterocycles. The third-order valence-corrected chi connectivity index (χ3v) is 4.27. The summed E-state index contributed by atoms with van der Waals surface area (Å²) in [7, 11) is 5.20. The van der Waals surface area contributed by atoms with Crippen LogP contribution in [0.2, 0.25) is 0 Å². The Labute approximate surface area is 157 Å². The largest absolute Gasteiger partial charge is 0.465 e. The molecule has 6 heteroatoms. The fourth-order valence-corrected chi connectivity index (χ4v) is 2.89. The number of carbonyl (C=O) groups excluding carboxylic acids is 2. The molecule has 1 amide bonds. The van der Waals surface area contributed by atoms with Crippen molar-refractivity contribution in [3.8, 4) is 11.1 Å². The normalized spacial score (nSPS) is 11.0. The van der Waals surface area contributed by atoms with Gasteiger partial charge in [0.05, 0.1) is 18.9 Å². The molecule has 1 heterocycles. The van der Waals surface area contributed by atoms with Crippen molar-refractivity contribution in [1.82, 2.24) is 10.2 Å². The number of methoxy groups -OCH3 is 1. The number of ether oxygens (including phenoxy) is 1. The number of fused-ring (bicyclic) bond motifs is 1. The van der Waals surface area contributed by atoms with Crippen LogP contribution in [0.3, 0.4) is 0 Å². The van der Waals surface area contributed by atoms with E-state index in [0.717, 1.165) is 28.6 Å². The van der Waals surface area contributed by atoms with Gasteiger partial charge in [-0.05, 0) is 55.6 Å². The molecule has 0 aliphatic rings. The van der Waals surface area contributed by atoms with Gasteiger partial charge >= 0.3 is 5.97 Å². The van der Waals surface area contributed by atoms with Crippen LogP contribution < -0.4 is 5.32 Å². The van der Waals surface area contributed by atoms with Crippen LogP contribution in [0.15, 0.2) is 53.1 Å². The summed E-state index contributed by atoms with van der Waals surface area (Å²) in [4.78, 5) is 26.7. The molecule has 1 N–H and O–H groups in total. The van der Waals surface area contributed by atoms with Gasteiger partial charge in [0.2, 0.25) is 0 Å². The zero-order valence-electron chi connectivity index (χ0n) is 15.6. The number of furan rings is 1. The standard InChI is InChI=1S/C21H22N2O4/c1-23(2)9-8-22-20(24)15-11-14(12-16(13-15)21(25)26-3)17-5-4-6-19-18(17)7-10-27-19/h4-7,10-13H,8-9H2,1-3H3,(H,22,24). The molecule has 0 atom stereocenters. The molecule has 0 radical (unpaired) electrons. The number of carbonyl (C=O) groups is 2. The zero-order chi connectivity index (χ0) is 19.4. The van der Waals surface area contributed by atoms with E-state index in [2.05, 4.69) is 5.32 Å². The molecule has 3 rings (SSSR count). The maximum absolute atomic E-state index is 12.6. The molecular weight excluding hydrogens is 344 g/mol. The van der Waals surface area contributed by atoms with Crippen LogP contribution in [-0.2, 0) is 4.74 Å². The van der Waals surface area contributed by atoms with Gasteiger partial charge in [0.15, 0.2) is 0 Å². The fourth-order valence-electron chi connectivity index (χ4n) is 2.89. The van der Waals surface area contributed by atoms with Crippen molar-refractivity contribution in [3.05, 3.63) is 59.9 Å². The van der Waals surface area contributed by atoms with Crippen molar-refractivity contribution < 1.29 is 18.7 Å². The van der Waals surface area contributed by atoms with Crippen molar-refractivity contribution in [2.24, 2.45) is 0 Å². The number of hydrogen-bond acceptors (Lipinski definition) is 5. The zero-order valence-corrected chi connectivity index (χ0v) is 15.6. The van der Waals surface area contributed by atoms with Gasteiger partial charge < -0.3 is 19.4 Å². The summed E-state index contributed by atoms with van der Waals surface area (Å²) >= 11 is 0. The van der Waals surface area contributed by atoms with Gasteiger partial charge in [-0.25, -0.2) is 4.79 Å². The molecule has 3 aromatic rings. The van der Waals surface area contributed by atoms with Crippen LogP contribution in [0.4, 0.5) is 0 Å². The summed E-state index contributed by atoms with van der Waals surface area (Å²) < 4.78 is 10.3. The number of nitrogens with one attached hydrogen (secondary N) is 1. The van der Waals surface area contributed by atoms with Crippen LogP contribution in [-0.4, -0.2) is 51.1 Å².